The molecule has 2 heterocycles. The highest BCUT2D eigenvalue weighted by atomic mass is 35.5. The van der Waals surface area contributed by atoms with Crippen LogP contribution in [0.4, 0.5) is 5.82 Å². The van der Waals surface area contributed by atoms with Crippen molar-refractivity contribution in [1.82, 2.24) is 9.13 Å². The highest BCUT2D eigenvalue weighted by molar-refractivity contribution is 7.16. The minimum atomic E-state index is -0.595. The van der Waals surface area contributed by atoms with Gasteiger partial charge in [0.05, 0.1) is 4.34 Å². The normalized spacial score (nSPS) is 10.4. The van der Waals surface area contributed by atoms with Crippen LogP contribution in [-0.2, 0) is 20.5 Å². The first-order valence-electron chi connectivity index (χ1n) is 6.14. The fraction of sp³-hybridized carbons (Fsp3) is 0.308. The number of hydrogen-bond acceptors (Lipinski definition) is 5. The molecule has 8 heteroatoms. The quantitative estimate of drug-likeness (QED) is 0.920. The van der Waals surface area contributed by atoms with Crippen LogP contribution < -0.4 is 16.6 Å². The van der Waals surface area contributed by atoms with Gasteiger partial charge in [-0.15, -0.1) is 11.3 Å². The zero-order valence-electron chi connectivity index (χ0n) is 11.5. The Bertz CT molecular complexity index is 828. The molecule has 0 spiro atoms. The Balaban J connectivity index is 2.26. The maximum absolute atomic E-state index is 11.9. The smallest absolute Gasteiger partial charge is 0.332 e. The van der Waals surface area contributed by atoms with Crippen LogP contribution in [0.5, 0.6) is 0 Å². The van der Waals surface area contributed by atoms with Crippen molar-refractivity contribution in [3.05, 3.63) is 47.7 Å². The van der Waals surface area contributed by atoms with Crippen molar-refractivity contribution in [3.8, 4) is 6.07 Å². The number of hydrogen-bond donors (Lipinski definition) is 1. The van der Waals surface area contributed by atoms with Gasteiger partial charge in [0, 0.05) is 25.5 Å². The molecule has 21 heavy (non-hydrogen) atoms. The highest BCUT2D eigenvalue weighted by Gasteiger charge is 2.14. The summed E-state index contributed by atoms with van der Waals surface area (Å²) in [6, 6.07) is 5.59. The molecular formula is C13H13ClN4O2S. The van der Waals surface area contributed by atoms with E-state index in [9.17, 15) is 9.59 Å². The van der Waals surface area contributed by atoms with E-state index in [1.54, 1.807) is 0 Å². The topological polar surface area (TPSA) is 79.8 Å². The van der Waals surface area contributed by atoms with Crippen molar-refractivity contribution >= 4 is 28.8 Å². The van der Waals surface area contributed by atoms with Gasteiger partial charge in [0.25, 0.3) is 5.56 Å². The van der Waals surface area contributed by atoms with E-state index in [-0.39, 0.29) is 11.4 Å². The number of aromatic nitrogens is 2. The predicted octanol–water partition coefficient (Wildman–Crippen LogP) is 1.33. The molecule has 0 amide bonds. The summed E-state index contributed by atoms with van der Waals surface area (Å²) in [4.78, 5) is 24.9. The van der Waals surface area contributed by atoms with E-state index in [0.717, 1.165) is 9.44 Å². The molecule has 0 aliphatic carbocycles. The Morgan fingerprint density at radius 1 is 1.33 bits per heavy atom. The molecule has 2 aromatic rings. The molecule has 0 fully saturated rings. The monoisotopic (exact) mass is 324 g/mol. The third-order valence-electron chi connectivity index (χ3n) is 3.07. The van der Waals surface area contributed by atoms with Gasteiger partial charge in [-0.05, 0) is 18.6 Å². The SMILES string of the molecule is Cn1c(NCCc2ccc(Cl)s2)c(C#N)c(=O)n(C)c1=O. The van der Waals surface area contributed by atoms with E-state index < -0.39 is 11.2 Å². The summed E-state index contributed by atoms with van der Waals surface area (Å²) >= 11 is 7.33. The van der Waals surface area contributed by atoms with Crippen LogP contribution in [0.1, 0.15) is 10.4 Å². The maximum Gasteiger partial charge on any atom is 0.332 e. The highest BCUT2D eigenvalue weighted by Crippen LogP contribution is 2.21. The molecule has 110 valence electrons. The number of thiophene rings is 1. The third-order valence-corrected chi connectivity index (χ3v) is 4.36. The average Bonchev–Trinajstić information content (AvgIpc) is 2.88. The van der Waals surface area contributed by atoms with Gasteiger partial charge in [0.15, 0.2) is 5.56 Å². The van der Waals surface area contributed by atoms with Crippen LogP contribution in [0, 0.1) is 11.3 Å². The number of nitrogens with zero attached hydrogens (tertiary/aromatic N) is 3. The number of halogens is 1. The molecule has 0 aromatic carbocycles. The van der Waals surface area contributed by atoms with Crippen molar-refractivity contribution in [2.45, 2.75) is 6.42 Å². The molecule has 2 aromatic heterocycles. The largest absolute Gasteiger partial charge is 0.370 e. The average molecular weight is 325 g/mol. The van der Waals surface area contributed by atoms with Crippen molar-refractivity contribution in [2.24, 2.45) is 14.1 Å². The summed E-state index contributed by atoms with van der Waals surface area (Å²) in [5, 5.41) is 12.1. The Morgan fingerprint density at radius 3 is 2.62 bits per heavy atom. The molecule has 0 aliphatic rings. The molecular weight excluding hydrogens is 312 g/mol. The second-order valence-corrected chi connectivity index (χ2v) is 6.22. The van der Waals surface area contributed by atoms with Crippen molar-refractivity contribution in [2.75, 3.05) is 11.9 Å². The summed E-state index contributed by atoms with van der Waals surface area (Å²) in [6.45, 7) is 0.492. The van der Waals surface area contributed by atoms with Crippen molar-refractivity contribution in [3.63, 3.8) is 0 Å². The maximum atomic E-state index is 11.9. The van der Waals surface area contributed by atoms with E-state index in [2.05, 4.69) is 5.32 Å². The van der Waals surface area contributed by atoms with Crippen LogP contribution >= 0.6 is 22.9 Å². The Labute approximate surface area is 129 Å². The zero-order chi connectivity index (χ0) is 15.6. The van der Waals surface area contributed by atoms with Gasteiger partial charge in [-0.25, -0.2) is 4.79 Å². The van der Waals surface area contributed by atoms with Gasteiger partial charge < -0.3 is 5.32 Å². The first kappa shape index (κ1) is 15.4. The summed E-state index contributed by atoms with van der Waals surface area (Å²) in [7, 11) is 2.87. The standard InChI is InChI=1S/C13H13ClN4O2S/c1-17-11(9(7-15)12(19)18(2)13(17)20)16-6-5-8-3-4-10(14)21-8/h3-4,16H,5-6H2,1-2H3. The lowest BCUT2D eigenvalue weighted by molar-refractivity contribution is 0.685. The molecule has 0 aliphatic heterocycles. The van der Waals surface area contributed by atoms with Crippen LogP contribution in [0.2, 0.25) is 4.34 Å². The molecule has 6 nitrogen and oxygen atoms in total. The number of anilines is 1. The minimum Gasteiger partial charge on any atom is -0.370 e. The lowest BCUT2D eigenvalue weighted by Gasteiger charge is -2.13. The summed E-state index contributed by atoms with van der Waals surface area (Å²) in [5.74, 6) is 0.244. The molecule has 2 rings (SSSR count). The molecule has 1 N–H and O–H groups in total. The number of rotatable bonds is 4. The van der Waals surface area contributed by atoms with Crippen LogP contribution in [0.15, 0.2) is 21.7 Å². The van der Waals surface area contributed by atoms with Crippen LogP contribution in [-0.4, -0.2) is 15.7 Å². The van der Waals surface area contributed by atoms with E-state index in [1.165, 1.54) is 30.0 Å². The first-order valence-corrected chi connectivity index (χ1v) is 7.33. The lowest BCUT2D eigenvalue weighted by atomic mass is 10.3. The molecule has 0 radical (unpaired) electrons. The van der Waals surface area contributed by atoms with Gasteiger partial charge in [-0.2, -0.15) is 5.26 Å². The fourth-order valence-electron chi connectivity index (χ4n) is 1.94. The van der Waals surface area contributed by atoms with Gasteiger partial charge >= 0.3 is 5.69 Å². The Hall–Kier alpha value is -2.04. The molecule has 0 saturated heterocycles. The van der Waals surface area contributed by atoms with Crippen LogP contribution in [0.25, 0.3) is 0 Å². The molecule has 0 unspecified atom stereocenters. The second-order valence-electron chi connectivity index (χ2n) is 4.42. The van der Waals surface area contributed by atoms with E-state index >= 15 is 0 Å². The van der Waals surface area contributed by atoms with Crippen molar-refractivity contribution < 1.29 is 0 Å². The Morgan fingerprint density at radius 2 is 2.05 bits per heavy atom. The molecule has 0 saturated carbocycles. The van der Waals surface area contributed by atoms with Crippen molar-refractivity contribution in [1.29, 1.82) is 5.26 Å². The number of nitrogens with one attached hydrogen (secondary N) is 1. The van der Waals surface area contributed by atoms with Gasteiger partial charge in [-0.1, -0.05) is 11.6 Å². The van der Waals surface area contributed by atoms with Gasteiger partial charge in [0.1, 0.15) is 11.9 Å². The fourth-order valence-corrected chi connectivity index (χ4v) is 3.03. The third kappa shape index (κ3) is 3.01. The van der Waals surface area contributed by atoms with Gasteiger partial charge in [0.2, 0.25) is 0 Å². The van der Waals surface area contributed by atoms with E-state index in [0.29, 0.717) is 17.3 Å². The molecule has 0 bridgehead atoms. The lowest BCUT2D eigenvalue weighted by Crippen LogP contribution is -2.40. The first-order chi connectivity index (χ1) is 9.95. The summed E-state index contributed by atoms with van der Waals surface area (Å²) in [5.41, 5.74) is -1.13. The summed E-state index contributed by atoms with van der Waals surface area (Å²) in [6.07, 6.45) is 0.686. The Kier molecular flexibility index (Phi) is 4.50. The predicted molar refractivity (Wildman–Crippen MR) is 83.2 cm³/mol. The van der Waals surface area contributed by atoms with E-state index in [1.807, 2.05) is 18.2 Å². The van der Waals surface area contributed by atoms with E-state index in [4.69, 9.17) is 16.9 Å². The van der Waals surface area contributed by atoms with Gasteiger partial charge in [-0.3, -0.25) is 13.9 Å². The molecule has 0 atom stereocenters. The number of nitriles is 1. The zero-order valence-corrected chi connectivity index (χ0v) is 13.1. The minimum absolute atomic E-state index is 0.0659. The summed E-state index contributed by atoms with van der Waals surface area (Å²) < 4.78 is 2.90. The van der Waals surface area contributed by atoms with Crippen LogP contribution in [0.3, 0.4) is 0 Å². The second kappa shape index (κ2) is 6.16.